The van der Waals surface area contributed by atoms with Gasteiger partial charge in [0.15, 0.2) is 5.84 Å². The molecule has 1 N–H and O–H groups in total. The summed E-state index contributed by atoms with van der Waals surface area (Å²) in [6, 6.07) is 63.2. The molecule has 1 atom stereocenters. The van der Waals surface area contributed by atoms with Crippen LogP contribution < -0.4 is 5.32 Å². The second-order valence-corrected chi connectivity index (χ2v) is 14.7. The first-order chi connectivity index (χ1) is 26.0. The van der Waals surface area contributed by atoms with Crippen LogP contribution in [-0.4, -0.2) is 11.7 Å². The standard InChI is InChI=1S/C50H37N3/c1-50(2)43-31-40(49-52-47(35-16-7-4-8-17-35)51-48(53-49)36-24-21-34(22-25-36)32-13-5-3-6-14-32)27-28-42(43)46-44(50)30-38-19-11-12-20-41(38)45(46)39-26-23-33-15-9-10-18-37(33)29-39/h3-31,47H,1-2H3,(H,51,52,53). The number of fused-ring (bicyclic) bond motifs is 5. The summed E-state index contributed by atoms with van der Waals surface area (Å²) in [7, 11) is 0. The molecule has 0 fully saturated rings. The fraction of sp³-hybridized carbons (Fsp3) is 0.0800. The lowest BCUT2D eigenvalue weighted by molar-refractivity contribution is 0.660. The van der Waals surface area contributed by atoms with Crippen molar-refractivity contribution in [2.24, 2.45) is 9.98 Å². The summed E-state index contributed by atoms with van der Waals surface area (Å²) in [4.78, 5) is 10.5. The minimum atomic E-state index is -0.268. The summed E-state index contributed by atoms with van der Waals surface area (Å²) in [5.41, 5.74) is 13.1. The van der Waals surface area contributed by atoms with Gasteiger partial charge in [0.05, 0.1) is 0 Å². The molecule has 8 aromatic carbocycles. The smallest absolute Gasteiger partial charge is 0.159 e. The van der Waals surface area contributed by atoms with Crippen molar-refractivity contribution in [3.8, 4) is 33.4 Å². The molecule has 0 saturated heterocycles. The van der Waals surface area contributed by atoms with Gasteiger partial charge in [-0.1, -0.05) is 172 Å². The molecule has 1 unspecified atom stereocenters. The quantitative estimate of drug-likeness (QED) is 0.193. The van der Waals surface area contributed by atoms with Gasteiger partial charge in [-0.3, -0.25) is 0 Å². The molecule has 0 radical (unpaired) electrons. The topological polar surface area (TPSA) is 36.8 Å². The highest BCUT2D eigenvalue weighted by Crippen LogP contribution is 2.54. The van der Waals surface area contributed by atoms with Crippen LogP contribution in [0.15, 0.2) is 186 Å². The zero-order valence-corrected chi connectivity index (χ0v) is 29.7. The lowest BCUT2D eigenvalue weighted by Gasteiger charge is -2.25. The van der Waals surface area contributed by atoms with Crippen molar-refractivity contribution in [3.63, 3.8) is 0 Å². The van der Waals surface area contributed by atoms with E-state index < -0.39 is 0 Å². The van der Waals surface area contributed by atoms with Crippen LogP contribution >= 0.6 is 0 Å². The molecule has 1 aliphatic carbocycles. The van der Waals surface area contributed by atoms with Crippen LogP contribution in [0.2, 0.25) is 0 Å². The summed E-state index contributed by atoms with van der Waals surface area (Å²) >= 11 is 0. The third-order valence-corrected chi connectivity index (χ3v) is 11.1. The van der Waals surface area contributed by atoms with Gasteiger partial charge in [0.1, 0.15) is 12.0 Å². The third kappa shape index (κ3) is 5.27. The van der Waals surface area contributed by atoms with E-state index in [0.29, 0.717) is 0 Å². The van der Waals surface area contributed by atoms with Crippen molar-refractivity contribution >= 4 is 33.2 Å². The van der Waals surface area contributed by atoms with Crippen molar-refractivity contribution in [1.82, 2.24) is 5.32 Å². The van der Waals surface area contributed by atoms with Gasteiger partial charge in [0.2, 0.25) is 0 Å². The zero-order valence-electron chi connectivity index (χ0n) is 29.7. The minimum Gasteiger partial charge on any atom is -0.344 e. The number of amidine groups is 2. The molecule has 8 aromatic rings. The molecule has 0 saturated carbocycles. The van der Waals surface area contributed by atoms with Gasteiger partial charge in [-0.25, -0.2) is 9.98 Å². The highest BCUT2D eigenvalue weighted by Gasteiger charge is 2.38. The van der Waals surface area contributed by atoms with Crippen LogP contribution in [0.1, 0.15) is 47.8 Å². The van der Waals surface area contributed by atoms with Crippen molar-refractivity contribution in [2.45, 2.75) is 25.4 Å². The van der Waals surface area contributed by atoms with E-state index in [-0.39, 0.29) is 11.6 Å². The van der Waals surface area contributed by atoms with Crippen molar-refractivity contribution in [2.75, 3.05) is 0 Å². The molecule has 0 bridgehead atoms. The molecule has 10 rings (SSSR count). The van der Waals surface area contributed by atoms with E-state index in [9.17, 15) is 0 Å². The SMILES string of the molecule is CC1(C)c2cc(C3=NC(c4ccccc4)NC(c4ccc(-c5ccccc5)cc4)=N3)ccc2-c2c1cc1ccccc1c2-c1ccc2ccccc2c1. The normalized spacial score (nSPS) is 15.7. The predicted molar refractivity (Wildman–Crippen MR) is 222 cm³/mol. The summed E-state index contributed by atoms with van der Waals surface area (Å²) in [6.07, 6.45) is -0.268. The van der Waals surface area contributed by atoms with Crippen LogP contribution in [0, 0.1) is 0 Å². The number of nitrogens with zero attached hydrogens (tertiary/aromatic N) is 2. The predicted octanol–water partition coefficient (Wildman–Crippen LogP) is 12.1. The van der Waals surface area contributed by atoms with Gasteiger partial charge in [-0.15, -0.1) is 0 Å². The van der Waals surface area contributed by atoms with Gasteiger partial charge in [0, 0.05) is 16.5 Å². The third-order valence-electron chi connectivity index (χ3n) is 11.1. The Balaban J connectivity index is 1.12. The maximum absolute atomic E-state index is 5.24. The van der Waals surface area contributed by atoms with Crippen molar-refractivity contribution in [3.05, 3.63) is 204 Å². The molecular weight excluding hydrogens is 643 g/mol. The first-order valence-electron chi connectivity index (χ1n) is 18.4. The van der Waals surface area contributed by atoms with Gasteiger partial charge in [-0.2, -0.15) is 0 Å². The first kappa shape index (κ1) is 31.2. The summed E-state index contributed by atoms with van der Waals surface area (Å²) < 4.78 is 0. The molecule has 2 aliphatic rings. The summed E-state index contributed by atoms with van der Waals surface area (Å²) in [5, 5.41) is 8.68. The molecular formula is C50H37N3. The van der Waals surface area contributed by atoms with E-state index in [2.05, 4.69) is 183 Å². The summed E-state index contributed by atoms with van der Waals surface area (Å²) in [5.74, 6) is 1.55. The zero-order chi connectivity index (χ0) is 35.5. The lowest BCUT2D eigenvalue weighted by atomic mass is 9.80. The second kappa shape index (κ2) is 12.3. The van der Waals surface area contributed by atoms with Crippen molar-refractivity contribution < 1.29 is 0 Å². The molecule has 0 amide bonds. The van der Waals surface area contributed by atoms with Crippen LogP contribution in [0.5, 0.6) is 0 Å². The Hall–Kier alpha value is -6.58. The average Bonchev–Trinajstić information content (AvgIpc) is 3.45. The highest BCUT2D eigenvalue weighted by atomic mass is 15.2. The molecule has 1 aliphatic heterocycles. The van der Waals surface area contributed by atoms with Gasteiger partial charge in [-0.05, 0) is 89.8 Å². The number of hydrogen-bond acceptors (Lipinski definition) is 3. The molecule has 53 heavy (non-hydrogen) atoms. The Morgan fingerprint density at radius 2 is 1.09 bits per heavy atom. The Morgan fingerprint density at radius 3 is 1.89 bits per heavy atom. The minimum absolute atomic E-state index is 0.234. The second-order valence-electron chi connectivity index (χ2n) is 14.7. The number of nitrogens with one attached hydrogen (secondary N) is 1. The van der Waals surface area contributed by atoms with E-state index in [1.54, 1.807) is 0 Å². The Bertz CT molecular complexity index is 2760. The monoisotopic (exact) mass is 679 g/mol. The first-order valence-corrected chi connectivity index (χ1v) is 18.4. The molecule has 252 valence electrons. The maximum atomic E-state index is 5.24. The fourth-order valence-electron chi connectivity index (χ4n) is 8.31. The van der Waals surface area contributed by atoms with E-state index in [1.165, 1.54) is 66.1 Å². The summed E-state index contributed by atoms with van der Waals surface area (Å²) in [6.45, 7) is 4.72. The average molecular weight is 680 g/mol. The van der Waals surface area contributed by atoms with Crippen LogP contribution in [0.25, 0.3) is 54.9 Å². The highest BCUT2D eigenvalue weighted by molar-refractivity contribution is 6.14. The molecule has 0 aromatic heterocycles. The van der Waals surface area contributed by atoms with E-state index >= 15 is 0 Å². The van der Waals surface area contributed by atoms with Crippen LogP contribution in [0.4, 0.5) is 0 Å². The Kier molecular flexibility index (Phi) is 7.23. The van der Waals surface area contributed by atoms with E-state index in [0.717, 1.165) is 28.4 Å². The van der Waals surface area contributed by atoms with Gasteiger partial charge >= 0.3 is 0 Å². The largest absolute Gasteiger partial charge is 0.344 e. The van der Waals surface area contributed by atoms with Gasteiger partial charge < -0.3 is 5.32 Å². The van der Waals surface area contributed by atoms with Crippen LogP contribution in [0.3, 0.4) is 0 Å². The Morgan fingerprint density at radius 1 is 0.472 bits per heavy atom. The Labute approximate surface area is 310 Å². The van der Waals surface area contributed by atoms with E-state index in [1.807, 2.05) is 12.1 Å². The van der Waals surface area contributed by atoms with Crippen LogP contribution in [-0.2, 0) is 5.41 Å². The van der Waals surface area contributed by atoms with Crippen molar-refractivity contribution in [1.29, 1.82) is 0 Å². The van der Waals surface area contributed by atoms with E-state index in [4.69, 9.17) is 9.98 Å². The molecule has 3 nitrogen and oxygen atoms in total. The fourth-order valence-corrected chi connectivity index (χ4v) is 8.31. The number of rotatable bonds is 5. The molecule has 0 spiro atoms. The molecule has 1 heterocycles. The number of benzene rings is 8. The van der Waals surface area contributed by atoms with Gasteiger partial charge in [0.25, 0.3) is 0 Å². The lowest BCUT2D eigenvalue weighted by Crippen LogP contribution is -2.33. The molecule has 3 heteroatoms. The number of aliphatic imine (C=N–C) groups is 2. The maximum Gasteiger partial charge on any atom is 0.159 e. The number of hydrogen-bond donors (Lipinski definition) is 1.